The Hall–Kier alpha value is -4.38. The van der Waals surface area contributed by atoms with Crippen molar-refractivity contribution in [1.82, 2.24) is 5.43 Å². The molecule has 10 nitrogen and oxygen atoms in total. The van der Waals surface area contributed by atoms with Gasteiger partial charge in [-0.2, -0.15) is 5.10 Å². The summed E-state index contributed by atoms with van der Waals surface area (Å²) >= 11 is 0. The van der Waals surface area contributed by atoms with E-state index in [0.29, 0.717) is 28.4 Å². The highest BCUT2D eigenvalue weighted by Crippen LogP contribution is 2.24. The number of hydrogen-bond donors (Lipinski definition) is 2. The average molecular weight is 539 g/mol. The summed E-state index contributed by atoms with van der Waals surface area (Å²) in [5.74, 6) is 0.0870. The van der Waals surface area contributed by atoms with Crippen molar-refractivity contribution in [3.05, 3.63) is 83.4 Å². The third-order valence-corrected chi connectivity index (χ3v) is 6.47. The summed E-state index contributed by atoms with van der Waals surface area (Å²) in [7, 11) is -2.17. The number of hydrazone groups is 1. The van der Waals surface area contributed by atoms with E-state index < -0.39 is 22.5 Å². The van der Waals surface area contributed by atoms with Crippen LogP contribution < -0.4 is 24.5 Å². The number of carbonyl (C=O) groups excluding carboxylic acids is 2. The molecule has 3 aromatic carbocycles. The van der Waals surface area contributed by atoms with Gasteiger partial charge in [-0.1, -0.05) is 29.8 Å². The SMILES string of the molecule is COc1ccccc1NC(=O)COc1ccc(/C=N\NC(=O)CN(c2ccc(C)cc2C)S(C)(=O)=O)cc1. The van der Waals surface area contributed by atoms with Gasteiger partial charge < -0.3 is 14.8 Å². The molecule has 0 saturated carbocycles. The van der Waals surface area contributed by atoms with Gasteiger partial charge in [-0.25, -0.2) is 13.8 Å². The van der Waals surface area contributed by atoms with Crippen LogP contribution in [0.15, 0.2) is 71.8 Å². The van der Waals surface area contributed by atoms with E-state index in [2.05, 4.69) is 15.8 Å². The first kappa shape index (κ1) is 28.2. The van der Waals surface area contributed by atoms with Gasteiger partial charge in [0.05, 0.1) is 31.0 Å². The predicted molar refractivity (Wildman–Crippen MR) is 147 cm³/mol. The molecule has 3 rings (SSSR count). The molecule has 200 valence electrons. The molecular formula is C27H30N4O6S. The maximum Gasteiger partial charge on any atom is 0.262 e. The van der Waals surface area contributed by atoms with E-state index in [0.717, 1.165) is 21.7 Å². The fourth-order valence-electron chi connectivity index (χ4n) is 3.54. The molecular weight excluding hydrogens is 508 g/mol. The fourth-order valence-corrected chi connectivity index (χ4v) is 4.46. The highest BCUT2D eigenvalue weighted by molar-refractivity contribution is 7.92. The molecule has 0 heterocycles. The fraction of sp³-hybridized carbons (Fsp3) is 0.222. The lowest BCUT2D eigenvalue weighted by molar-refractivity contribution is -0.119. The number of para-hydroxylation sites is 2. The van der Waals surface area contributed by atoms with E-state index in [4.69, 9.17) is 9.47 Å². The highest BCUT2D eigenvalue weighted by atomic mass is 32.2. The third kappa shape index (κ3) is 8.07. The van der Waals surface area contributed by atoms with E-state index >= 15 is 0 Å². The highest BCUT2D eigenvalue weighted by Gasteiger charge is 2.22. The molecule has 0 aliphatic rings. The van der Waals surface area contributed by atoms with Crippen molar-refractivity contribution in [3.63, 3.8) is 0 Å². The zero-order valence-electron chi connectivity index (χ0n) is 21.6. The molecule has 0 aliphatic carbocycles. The summed E-state index contributed by atoms with van der Waals surface area (Å²) in [6.07, 6.45) is 2.46. The predicted octanol–water partition coefficient (Wildman–Crippen LogP) is 3.25. The molecule has 11 heteroatoms. The minimum absolute atomic E-state index is 0.196. The van der Waals surface area contributed by atoms with Gasteiger partial charge in [0.15, 0.2) is 6.61 Å². The van der Waals surface area contributed by atoms with Gasteiger partial charge in [0.1, 0.15) is 18.0 Å². The van der Waals surface area contributed by atoms with E-state index in [1.165, 1.54) is 13.3 Å². The Bertz CT molecular complexity index is 1420. The number of methoxy groups -OCH3 is 1. The number of nitrogens with zero attached hydrogens (tertiary/aromatic N) is 2. The number of ether oxygens (including phenoxy) is 2. The molecule has 0 fully saturated rings. The van der Waals surface area contributed by atoms with Crippen LogP contribution in [0.2, 0.25) is 0 Å². The first-order valence-electron chi connectivity index (χ1n) is 11.6. The van der Waals surface area contributed by atoms with Gasteiger partial charge in [0, 0.05) is 0 Å². The van der Waals surface area contributed by atoms with Crippen LogP contribution in [0.25, 0.3) is 0 Å². The second kappa shape index (κ2) is 12.7. The van der Waals surface area contributed by atoms with Crippen molar-refractivity contribution in [2.75, 3.05) is 36.1 Å². The van der Waals surface area contributed by atoms with E-state index in [1.54, 1.807) is 67.6 Å². The van der Waals surface area contributed by atoms with E-state index in [1.807, 2.05) is 13.0 Å². The minimum Gasteiger partial charge on any atom is -0.495 e. The number of nitrogens with one attached hydrogen (secondary N) is 2. The molecule has 0 aromatic heterocycles. The zero-order valence-corrected chi connectivity index (χ0v) is 22.4. The van der Waals surface area contributed by atoms with Crippen LogP contribution in [0.1, 0.15) is 16.7 Å². The minimum atomic E-state index is -3.69. The van der Waals surface area contributed by atoms with Crippen molar-refractivity contribution < 1.29 is 27.5 Å². The monoisotopic (exact) mass is 538 g/mol. The Morgan fingerprint density at radius 1 is 1.00 bits per heavy atom. The molecule has 0 atom stereocenters. The van der Waals surface area contributed by atoms with Crippen LogP contribution in [-0.2, 0) is 19.6 Å². The summed E-state index contributed by atoms with van der Waals surface area (Å²) < 4.78 is 36.4. The Balaban J connectivity index is 1.52. The lowest BCUT2D eigenvalue weighted by Crippen LogP contribution is -2.39. The molecule has 0 bridgehead atoms. The maximum atomic E-state index is 12.4. The lowest BCUT2D eigenvalue weighted by Gasteiger charge is -2.23. The Labute approximate surface area is 222 Å². The van der Waals surface area contributed by atoms with E-state index in [9.17, 15) is 18.0 Å². The molecule has 2 N–H and O–H groups in total. The molecule has 0 radical (unpaired) electrons. The van der Waals surface area contributed by atoms with Crippen molar-refractivity contribution in [1.29, 1.82) is 0 Å². The number of rotatable bonds is 11. The van der Waals surface area contributed by atoms with Gasteiger partial charge in [-0.15, -0.1) is 0 Å². The van der Waals surface area contributed by atoms with Crippen LogP contribution in [-0.4, -0.2) is 53.0 Å². The molecule has 0 aliphatic heterocycles. The smallest absolute Gasteiger partial charge is 0.262 e. The number of sulfonamides is 1. The van der Waals surface area contributed by atoms with Crippen LogP contribution in [0.4, 0.5) is 11.4 Å². The van der Waals surface area contributed by atoms with Gasteiger partial charge in [-0.3, -0.25) is 13.9 Å². The normalized spacial score (nSPS) is 11.2. The second-order valence-electron chi connectivity index (χ2n) is 8.46. The van der Waals surface area contributed by atoms with Crippen LogP contribution in [0.5, 0.6) is 11.5 Å². The number of hydrogen-bond acceptors (Lipinski definition) is 7. The number of anilines is 2. The summed E-state index contributed by atoms with van der Waals surface area (Å²) in [6, 6.07) is 19.1. The molecule has 0 unspecified atom stereocenters. The van der Waals surface area contributed by atoms with Crippen molar-refractivity contribution >= 4 is 39.4 Å². The largest absolute Gasteiger partial charge is 0.495 e. The molecule has 0 saturated heterocycles. The topological polar surface area (TPSA) is 126 Å². The average Bonchev–Trinajstić information content (AvgIpc) is 2.87. The number of amides is 2. The lowest BCUT2D eigenvalue weighted by atomic mass is 10.1. The standard InChI is InChI=1S/C27H30N4O6S/c1-19-9-14-24(20(2)15-19)31(38(4,34)35)17-26(32)30-28-16-21-10-12-22(13-11-21)37-18-27(33)29-23-7-5-6-8-25(23)36-3/h5-16H,17-18H2,1-4H3,(H,29,33)(H,30,32)/b28-16-. The second-order valence-corrected chi connectivity index (χ2v) is 10.4. The summed E-state index contributed by atoms with van der Waals surface area (Å²) in [6.45, 7) is 3.08. The summed E-state index contributed by atoms with van der Waals surface area (Å²) in [5.41, 5.74) is 5.72. The molecule has 0 spiro atoms. The first-order chi connectivity index (χ1) is 18.1. The Morgan fingerprint density at radius 3 is 2.37 bits per heavy atom. The molecule has 38 heavy (non-hydrogen) atoms. The Morgan fingerprint density at radius 2 is 1.71 bits per heavy atom. The van der Waals surface area contributed by atoms with Gasteiger partial charge in [0.2, 0.25) is 10.0 Å². The molecule has 2 amide bonds. The molecule has 3 aromatic rings. The Kier molecular flexibility index (Phi) is 9.44. The van der Waals surface area contributed by atoms with Crippen molar-refractivity contribution in [2.24, 2.45) is 5.10 Å². The summed E-state index contributed by atoms with van der Waals surface area (Å²) in [5, 5.41) is 6.64. The van der Waals surface area contributed by atoms with Crippen LogP contribution in [0.3, 0.4) is 0 Å². The van der Waals surface area contributed by atoms with Gasteiger partial charge in [-0.05, 0) is 67.4 Å². The summed E-state index contributed by atoms with van der Waals surface area (Å²) in [4.78, 5) is 24.6. The van der Waals surface area contributed by atoms with E-state index in [-0.39, 0.29) is 12.5 Å². The van der Waals surface area contributed by atoms with Gasteiger partial charge >= 0.3 is 0 Å². The third-order valence-electron chi connectivity index (χ3n) is 5.34. The van der Waals surface area contributed by atoms with Gasteiger partial charge in [0.25, 0.3) is 11.8 Å². The number of aryl methyl sites for hydroxylation is 2. The van der Waals surface area contributed by atoms with Crippen molar-refractivity contribution in [3.8, 4) is 11.5 Å². The van der Waals surface area contributed by atoms with Crippen molar-refractivity contribution in [2.45, 2.75) is 13.8 Å². The maximum absolute atomic E-state index is 12.4. The zero-order chi connectivity index (χ0) is 27.7. The number of carbonyl (C=O) groups is 2. The quantitative estimate of drug-likeness (QED) is 0.285. The van der Waals surface area contributed by atoms with Crippen LogP contribution >= 0.6 is 0 Å². The van der Waals surface area contributed by atoms with Crippen LogP contribution in [0, 0.1) is 13.8 Å². The number of benzene rings is 3. The first-order valence-corrected chi connectivity index (χ1v) is 13.4.